The maximum Gasteiger partial charge on any atom is 0.104 e. The van der Waals surface area contributed by atoms with Crippen LogP contribution in [0.5, 0.6) is 0 Å². The summed E-state index contributed by atoms with van der Waals surface area (Å²) in [5.41, 5.74) is 0. The quantitative estimate of drug-likeness (QED) is 0.695. The maximum absolute atomic E-state index is 6.06. The summed E-state index contributed by atoms with van der Waals surface area (Å²) in [6.07, 6.45) is 15.3. The zero-order valence-corrected chi connectivity index (χ0v) is 14.5. The fourth-order valence-corrected chi connectivity index (χ4v) is 3.90. The third-order valence-corrected chi connectivity index (χ3v) is 5.43. The Morgan fingerprint density at radius 2 is 0.957 bits per heavy atom. The van der Waals surface area contributed by atoms with Crippen LogP contribution in [0.2, 0.25) is 0 Å². The highest BCUT2D eigenvalue weighted by Gasteiger charge is 2.25. The molecular weight excluding hydrogens is 292 g/mol. The molecule has 23 heavy (non-hydrogen) atoms. The molecule has 3 rings (SSSR count). The maximum atomic E-state index is 6.06. The van der Waals surface area contributed by atoms with Gasteiger partial charge in [-0.25, -0.2) is 0 Å². The minimum absolute atomic E-state index is 0.101. The normalized spacial score (nSPS) is 31.8. The van der Waals surface area contributed by atoms with Crippen molar-refractivity contribution in [2.24, 2.45) is 0 Å². The number of hydrogen-bond acceptors (Lipinski definition) is 4. The second-order valence-corrected chi connectivity index (χ2v) is 7.45. The van der Waals surface area contributed by atoms with Crippen molar-refractivity contribution in [2.45, 2.75) is 95.0 Å². The van der Waals surface area contributed by atoms with Crippen LogP contribution in [0.1, 0.15) is 70.6 Å². The lowest BCUT2D eigenvalue weighted by molar-refractivity contribution is -0.177. The minimum atomic E-state index is 0.101. The largest absolute Gasteiger partial charge is 0.375 e. The highest BCUT2D eigenvalue weighted by atomic mass is 16.6. The molecule has 0 amide bonds. The summed E-state index contributed by atoms with van der Waals surface area (Å²) in [5, 5.41) is 0. The van der Waals surface area contributed by atoms with E-state index in [1.165, 1.54) is 70.6 Å². The van der Waals surface area contributed by atoms with Gasteiger partial charge in [-0.1, -0.05) is 44.9 Å². The molecule has 4 nitrogen and oxygen atoms in total. The molecule has 3 fully saturated rings. The van der Waals surface area contributed by atoms with Crippen molar-refractivity contribution in [1.82, 2.24) is 0 Å². The fourth-order valence-electron chi connectivity index (χ4n) is 3.90. The molecule has 2 unspecified atom stereocenters. The van der Waals surface area contributed by atoms with E-state index >= 15 is 0 Å². The van der Waals surface area contributed by atoms with E-state index < -0.39 is 0 Å². The summed E-state index contributed by atoms with van der Waals surface area (Å²) in [5.74, 6) is 0. The summed E-state index contributed by atoms with van der Waals surface area (Å²) in [7, 11) is 0. The van der Waals surface area contributed by atoms with Crippen molar-refractivity contribution in [3.63, 3.8) is 0 Å². The van der Waals surface area contributed by atoms with Crippen LogP contribution in [-0.2, 0) is 18.9 Å². The first kappa shape index (κ1) is 17.7. The number of ether oxygens (including phenoxy) is 4. The Kier molecular flexibility index (Phi) is 7.66. The molecule has 134 valence electrons. The first-order chi connectivity index (χ1) is 11.4. The first-order valence-electron chi connectivity index (χ1n) is 9.86. The average Bonchev–Trinajstić information content (AvgIpc) is 2.89. The van der Waals surface area contributed by atoms with Crippen molar-refractivity contribution >= 4 is 0 Å². The molecule has 4 heteroatoms. The molecule has 0 aromatic carbocycles. The Bertz CT molecular complexity index is 300. The van der Waals surface area contributed by atoms with Crippen LogP contribution >= 0.6 is 0 Å². The topological polar surface area (TPSA) is 36.9 Å². The van der Waals surface area contributed by atoms with E-state index in [2.05, 4.69) is 0 Å². The lowest BCUT2D eigenvalue weighted by Crippen LogP contribution is -2.41. The van der Waals surface area contributed by atoms with E-state index in [0.717, 1.165) is 0 Å². The lowest BCUT2D eigenvalue weighted by Gasteiger charge is -2.31. The molecule has 0 bridgehead atoms. The van der Waals surface area contributed by atoms with Gasteiger partial charge in [0.05, 0.1) is 38.6 Å². The van der Waals surface area contributed by atoms with E-state index in [1.54, 1.807) is 0 Å². The van der Waals surface area contributed by atoms with Crippen molar-refractivity contribution in [1.29, 1.82) is 0 Å². The zero-order chi connectivity index (χ0) is 15.7. The van der Waals surface area contributed by atoms with Crippen LogP contribution in [-0.4, -0.2) is 50.8 Å². The van der Waals surface area contributed by atoms with E-state index in [-0.39, 0.29) is 12.2 Å². The van der Waals surface area contributed by atoms with Crippen molar-refractivity contribution in [2.75, 3.05) is 26.4 Å². The van der Waals surface area contributed by atoms with Crippen LogP contribution in [0.15, 0.2) is 0 Å². The summed E-state index contributed by atoms with van der Waals surface area (Å²) in [4.78, 5) is 0. The minimum Gasteiger partial charge on any atom is -0.375 e. The van der Waals surface area contributed by atoms with E-state index in [0.29, 0.717) is 38.6 Å². The molecule has 1 saturated heterocycles. The van der Waals surface area contributed by atoms with Crippen molar-refractivity contribution in [3.05, 3.63) is 0 Å². The lowest BCUT2D eigenvalue weighted by atomic mass is 9.98. The monoisotopic (exact) mass is 326 g/mol. The molecule has 2 aliphatic carbocycles. The fraction of sp³-hybridized carbons (Fsp3) is 1.00. The highest BCUT2D eigenvalue weighted by molar-refractivity contribution is 4.71. The van der Waals surface area contributed by atoms with Gasteiger partial charge in [0.2, 0.25) is 0 Å². The SMILES string of the molecule is C1CCCC(OCC2COC(COC3CCCCC3)CO2)CC1. The van der Waals surface area contributed by atoms with Crippen molar-refractivity contribution in [3.8, 4) is 0 Å². The van der Waals surface area contributed by atoms with Gasteiger partial charge in [0.25, 0.3) is 0 Å². The van der Waals surface area contributed by atoms with E-state index in [9.17, 15) is 0 Å². The van der Waals surface area contributed by atoms with Gasteiger partial charge in [-0.05, 0) is 25.7 Å². The zero-order valence-electron chi connectivity index (χ0n) is 14.5. The van der Waals surface area contributed by atoms with Gasteiger partial charge in [-0.15, -0.1) is 0 Å². The smallest absolute Gasteiger partial charge is 0.104 e. The average molecular weight is 326 g/mol. The molecule has 1 aliphatic heterocycles. The molecule has 0 radical (unpaired) electrons. The Hall–Kier alpha value is -0.160. The Labute approximate surface area is 141 Å². The van der Waals surface area contributed by atoms with Gasteiger partial charge in [0.15, 0.2) is 0 Å². The Balaban J connectivity index is 1.26. The molecule has 0 aromatic rings. The van der Waals surface area contributed by atoms with Gasteiger partial charge < -0.3 is 18.9 Å². The Morgan fingerprint density at radius 3 is 1.35 bits per heavy atom. The van der Waals surface area contributed by atoms with Gasteiger partial charge in [-0.3, -0.25) is 0 Å². The van der Waals surface area contributed by atoms with Crippen LogP contribution < -0.4 is 0 Å². The highest BCUT2D eigenvalue weighted by Crippen LogP contribution is 2.22. The van der Waals surface area contributed by atoms with Crippen LogP contribution in [0, 0.1) is 0 Å². The predicted molar refractivity (Wildman–Crippen MR) is 89.7 cm³/mol. The van der Waals surface area contributed by atoms with E-state index in [4.69, 9.17) is 18.9 Å². The van der Waals surface area contributed by atoms with Crippen LogP contribution in [0.3, 0.4) is 0 Å². The standard InChI is InChI=1S/C19H34O4/c1-2-5-9-16(8-4-1)20-12-18-14-23-19(15-22-18)13-21-17-10-6-3-7-11-17/h16-19H,1-15H2. The molecule has 0 spiro atoms. The van der Waals surface area contributed by atoms with Gasteiger partial charge >= 0.3 is 0 Å². The molecule has 3 aliphatic rings. The van der Waals surface area contributed by atoms with Gasteiger partial charge in [-0.2, -0.15) is 0 Å². The molecular formula is C19H34O4. The molecule has 0 aromatic heterocycles. The predicted octanol–water partition coefficient (Wildman–Crippen LogP) is 3.86. The van der Waals surface area contributed by atoms with Gasteiger partial charge in [0, 0.05) is 0 Å². The third kappa shape index (κ3) is 6.33. The van der Waals surface area contributed by atoms with E-state index in [1.807, 2.05) is 0 Å². The van der Waals surface area contributed by atoms with Gasteiger partial charge in [0.1, 0.15) is 12.2 Å². The van der Waals surface area contributed by atoms with Crippen LogP contribution in [0.4, 0.5) is 0 Å². The summed E-state index contributed by atoms with van der Waals surface area (Å²) >= 11 is 0. The third-order valence-electron chi connectivity index (χ3n) is 5.43. The molecule has 0 N–H and O–H groups in total. The second-order valence-electron chi connectivity index (χ2n) is 7.45. The molecule has 2 atom stereocenters. The Morgan fingerprint density at radius 1 is 0.565 bits per heavy atom. The summed E-state index contributed by atoms with van der Waals surface area (Å²) in [6, 6.07) is 0. The second kappa shape index (κ2) is 9.97. The van der Waals surface area contributed by atoms with Crippen molar-refractivity contribution < 1.29 is 18.9 Å². The van der Waals surface area contributed by atoms with Crippen LogP contribution in [0.25, 0.3) is 0 Å². The molecule has 1 heterocycles. The summed E-state index contributed by atoms with van der Waals surface area (Å²) in [6.45, 7) is 2.65. The number of rotatable bonds is 6. The first-order valence-corrected chi connectivity index (χ1v) is 9.86. The summed E-state index contributed by atoms with van der Waals surface area (Å²) < 4.78 is 23.9. The number of hydrogen-bond donors (Lipinski definition) is 0. The molecule has 2 saturated carbocycles.